The zero-order valence-corrected chi connectivity index (χ0v) is 66.9. The number of para-hydroxylation sites is 3. The number of benzene rings is 15. The van der Waals surface area contributed by atoms with Crippen LogP contribution in [-0.2, 0) is 21.7 Å². The monoisotopic (exact) mass is 1520 g/mol. The molecule has 562 valence electrons. The Labute approximate surface area is 704 Å². The Morgan fingerprint density at radius 2 is 0.650 bits per heavy atom. The van der Waals surface area contributed by atoms with Gasteiger partial charge in [0, 0.05) is 88.6 Å². The molecule has 0 saturated carbocycles. The van der Waals surface area contributed by atoms with E-state index >= 15 is 0 Å². The molecule has 117 heavy (non-hydrogen) atoms. The molecule has 19 aromatic rings. The van der Waals surface area contributed by atoms with E-state index in [1.54, 1.807) is 18.2 Å². The van der Waals surface area contributed by atoms with Crippen LogP contribution in [0.15, 0.2) is 309 Å². The Bertz CT molecular complexity index is 8220. The molecule has 0 fully saturated rings. The number of rotatable bonds is 8. The van der Waals surface area contributed by atoms with Crippen molar-refractivity contribution in [3.8, 4) is 57.1 Å². The maximum Gasteiger partial charge on any atom is 0.252 e. The lowest BCUT2D eigenvalue weighted by molar-refractivity contribution is 0.590. The second kappa shape index (κ2) is 25.8. The SMILES string of the molecule is [2H]c1c([2H])c([2H])c2c(c1[2H])c1c([2H])c([2H])c([2H])c([2H])c1n2-c1cc2c3c(c1)N(c1cc(-n4c5c([2H])c([2H])c([2H])c([2H])c5c5c([2H])c(C#N)c([2H])c([2H])c54)ccc1C#N)c1cc(-n4c5ccc(C(C)(C)C)cc5c5cc(C(C)(C)C)ccc54)ccc1B3c1ccc(-n3c4ccc(C(C)(C)C)cc4c4cc(C(C)(C)C)ccc43)cc1N2c1cc(-c2ccccc2)cc(-c2ccccc2)c1. The number of hydrogen-bond acceptors (Lipinski definition) is 4. The molecule has 8 nitrogen and oxygen atoms in total. The number of anilines is 6. The molecule has 6 heterocycles. The summed E-state index contributed by atoms with van der Waals surface area (Å²) in [5.41, 5.74) is 16.4. The van der Waals surface area contributed by atoms with Crippen molar-refractivity contribution in [1.29, 1.82) is 10.5 Å². The summed E-state index contributed by atoms with van der Waals surface area (Å²) in [5, 5.41) is 26.5. The van der Waals surface area contributed by atoms with E-state index < -0.39 is 103 Å². The normalized spacial score (nSPS) is 14.9. The number of aromatic nitrogens is 4. The molecule has 0 aliphatic carbocycles. The molecule has 0 radical (unpaired) electrons. The first kappa shape index (κ1) is 56.4. The van der Waals surface area contributed by atoms with E-state index in [2.05, 4.69) is 255 Å². The van der Waals surface area contributed by atoms with Crippen molar-refractivity contribution < 1.29 is 20.6 Å². The van der Waals surface area contributed by atoms with Crippen molar-refractivity contribution in [2.75, 3.05) is 9.80 Å². The third-order valence-electron chi connectivity index (χ3n) is 24.1. The van der Waals surface area contributed by atoms with Crippen LogP contribution in [0.3, 0.4) is 0 Å². The quantitative estimate of drug-likeness (QED) is 0.142. The Morgan fingerprint density at radius 3 is 1.08 bits per heavy atom. The molecule has 0 spiro atoms. The molecule has 0 saturated heterocycles. The van der Waals surface area contributed by atoms with Gasteiger partial charge in [-0.15, -0.1) is 0 Å². The highest BCUT2D eigenvalue weighted by Crippen LogP contribution is 2.52. The second-order valence-corrected chi connectivity index (χ2v) is 35.3. The van der Waals surface area contributed by atoms with Crippen molar-refractivity contribution in [1.82, 2.24) is 18.3 Å². The summed E-state index contributed by atoms with van der Waals surface area (Å²) in [4.78, 5) is 4.19. The average molecular weight is 1520 g/mol. The van der Waals surface area contributed by atoms with Crippen molar-refractivity contribution in [2.24, 2.45) is 0 Å². The summed E-state index contributed by atoms with van der Waals surface area (Å²) in [6, 6.07) is 70.7. The minimum Gasteiger partial charge on any atom is -0.311 e. The molecule has 21 rings (SSSR count). The lowest BCUT2D eigenvalue weighted by atomic mass is 9.33. The van der Waals surface area contributed by atoms with Crippen LogP contribution in [0.4, 0.5) is 34.1 Å². The van der Waals surface area contributed by atoms with Crippen LogP contribution in [0.5, 0.6) is 0 Å². The zero-order valence-electron chi connectivity index (χ0n) is 81.9. The number of fused-ring (bicyclic) bond motifs is 16. The number of hydrogen-bond donors (Lipinski definition) is 0. The largest absolute Gasteiger partial charge is 0.311 e. The number of nitriles is 2. The molecule has 0 amide bonds. The van der Waals surface area contributed by atoms with Gasteiger partial charge in [-0.05, 0) is 240 Å². The van der Waals surface area contributed by atoms with Gasteiger partial charge in [-0.2, -0.15) is 10.5 Å². The summed E-state index contributed by atoms with van der Waals surface area (Å²) in [6.07, 6.45) is 0. The molecule has 2 aliphatic rings. The van der Waals surface area contributed by atoms with Crippen molar-refractivity contribution in [3.05, 3.63) is 342 Å². The van der Waals surface area contributed by atoms with Crippen LogP contribution < -0.4 is 26.2 Å². The fourth-order valence-electron chi connectivity index (χ4n) is 18.1. The molecule has 0 N–H and O–H groups in total. The average Bonchev–Trinajstić information content (AvgIpc) is 1.26. The second-order valence-electron chi connectivity index (χ2n) is 35.3. The lowest BCUT2D eigenvalue weighted by Crippen LogP contribution is -2.61. The van der Waals surface area contributed by atoms with Gasteiger partial charge in [-0.25, -0.2) is 0 Å². The summed E-state index contributed by atoms with van der Waals surface area (Å²) in [6.45, 7) is 25.7. The van der Waals surface area contributed by atoms with Crippen LogP contribution in [-0.4, -0.2) is 25.0 Å². The van der Waals surface area contributed by atoms with Gasteiger partial charge in [-0.1, -0.05) is 235 Å². The lowest BCUT2D eigenvalue weighted by Gasteiger charge is -2.45. The smallest absolute Gasteiger partial charge is 0.252 e. The van der Waals surface area contributed by atoms with E-state index in [9.17, 15) is 29.7 Å². The molecular weight excluding hydrogens is 1420 g/mol. The van der Waals surface area contributed by atoms with Gasteiger partial charge in [0.25, 0.3) is 6.71 Å². The standard InChI is InChI=1S/C108H87BN8/c1-105(2,3)72-37-47-95-85(55-72)86-56-73(106(4,5)6)38-48-96(86)113(95)77-42-44-89-100(60-77)116(79-53-70(67-25-15-13-16-26-67)52-71(54-79)68-27-17-14-18-28-68)102-62-80(115-91-32-22-19-29-81(91)82-30-20-23-33-92(82)115)63-103-104(102)109(89)90-45-43-78(114-97-49-39-74(107(7,8)9)57-87(97)88-58-75(108(10,11)12)40-50-98(88)114)61-101(90)117(103)99-59-76(41-36-69(99)65-111)112-93-34-24-21-31-83(93)84-51-66(64-110)35-46-94(84)112/h13-63H,1-12H3/i19D,20D,21D,22D,23D,24D,29D,30D,31D,32D,33D,34D,35D,46D,51D. The van der Waals surface area contributed by atoms with Crippen LogP contribution in [0.25, 0.3) is 132 Å². The van der Waals surface area contributed by atoms with Crippen molar-refractivity contribution in [2.45, 2.75) is 105 Å². The molecule has 2 aliphatic heterocycles. The highest BCUT2D eigenvalue weighted by Gasteiger charge is 2.45. The van der Waals surface area contributed by atoms with E-state index in [1.807, 2.05) is 59.5 Å². The molecule has 0 unspecified atom stereocenters. The topological polar surface area (TPSA) is 73.8 Å². The maximum absolute atomic E-state index is 12.4. The first-order valence-corrected chi connectivity index (χ1v) is 39.7. The van der Waals surface area contributed by atoms with Gasteiger partial charge in [0.2, 0.25) is 0 Å². The third kappa shape index (κ3) is 11.1. The van der Waals surface area contributed by atoms with Gasteiger partial charge in [0.05, 0.1) is 93.3 Å². The Hall–Kier alpha value is -13.9. The fourth-order valence-corrected chi connectivity index (χ4v) is 18.1. The van der Waals surface area contributed by atoms with Crippen molar-refractivity contribution in [3.63, 3.8) is 0 Å². The molecule has 15 aromatic carbocycles. The third-order valence-corrected chi connectivity index (χ3v) is 24.1. The summed E-state index contributed by atoms with van der Waals surface area (Å²) in [7, 11) is 0. The fraction of sp³-hybridized carbons (Fsp3) is 0.148. The van der Waals surface area contributed by atoms with E-state index in [-0.39, 0.29) is 87.9 Å². The maximum atomic E-state index is 12.4. The first-order valence-electron chi connectivity index (χ1n) is 47.2. The van der Waals surface area contributed by atoms with Gasteiger partial charge in [0.15, 0.2) is 0 Å². The van der Waals surface area contributed by atoms with Crippen LogP contribution in [0, 0.1) is 22.7 Å². The summed E-state index contributed by atoms with van der Waals surface area (Å²) >= 11 is 0. The minimum atomic E-state index is -0.805. The Balaban J connectivity index is 0.974. The van der Waals surface area contributed by atoms with E-state index in [0.29, 0.717) is 39.6 Å². The van der Waals surface area contributed by atoms with Gasteiger partial charge in [-0.3, -0.25) is 0 Å². The van der Waals surface area contributed by atoms with Gasteiger partial charge >= 0.3 is 0 Å². The van der Waals surface area contributed by atoms with Crippen LogP contribution >= 0.6 is 0 Å². The van der Waals surface area contributed by atoms with E-state index in [4.69, 9.17) is 1.37 Å². The molecule has 4 aromatic heterocycles. The predicted molar refractivity (Wildman–Crippen MR) is 493 cm³/mol. The van der Waals surface area contributed by atoms with Gasteiger partial charge < -0.3 is 28.1 Å². The Kier molecular flexibility index (Phi) is 12.4. The van der Waals surface area contributed by atoms with Crippen molar-refractivity contribution >= 4 is 144 Å². The molecular formula is C108H87BN8. The summed E-state index contributed by atoms with van der Waals surface area (Å²) in [5.74, 6) is 0. The number of nitrogens with zero attached hydrogens (tertiary/aromatic N) is 8. The Morgan fingerprint density at radius 1 is 0.282 bits per heavy atom. The zero-order chi connectivity index (χ0) is 93.1. The first-order chi connectivity index (χ1) is 62.7. The minimum absolute atomic E-state index is 0.0492. The highest BCUT2D eigenvalue weighted by molar-refractivity contribution is 7.00. The van der Waals surface area contributed by atoms with Crippen LogP contribution in [0.2, 0.25) is 0 Å². The highest BCUT2D eigenvalue weighted by atomic mass is 15.2. The van der Waals surface area contributed by atoms with Gasteiger partial charge in [0.1, 0.15) is 6.07 Å². The summed E-state index contributed by atoms with van der Waals surface area (Å²) < 4.78 is 153. The van der Waals surface area contributed by atoms with E-state index in [1.165, 1.54) is 9.13 Å². The predicted octanol–water partition coefficient (Wildman–Crippen LogP) is 26.4. The van der Waals surface area contributed by atoms with Crippen LogP contribution in [0.1, 0.15) is 137 Å². The molecule has 0 bridgehead atoms. The molecule has 0 atom stereocenters. The molecule has 9 heteroatoms. The van der Waals surface area contributed by atoms with E-state index in [0.717, 1.165) is 105 Å².